The Morgan fingerprint density at radius 2 is 1.89 bits per heavy atom. The van der Waals surface area contributed by atoms with Crippen molar-refractivity contribution >= 4 is 9.47 Å². The van der Waals surface area contributed by atoms with Gasteiger partial charge in [-0.15, -0.1) is 0 Å². The third-order valence-electron chi connectivity index (χ3n) is 6.81. The van der Waals surface area contributed by atoms with Gasteiger partial charge in [-0.05, 0) is 43.4 Å². The zero-order valence-electron chi connectivity index (χ0n) is 18.3. The van der Waals surface area contributed by atoms with Crippen LogP contribution < -0.4 is 0 Å². The monoisotopic (exact) mass is 414 g/mol. The fourth-order valence-electron chi connectivity index (χ4n) is 4.73. The summed E-state index contributed by atoms with van der Waals surface area (Å²) in [6.45, 7) is 8.15. The number of aliphatic hydroxyl groups excluding tert-OH is 1. The summed E-state index contributed by atoms with van der Waals surface area (Å²) < 4.78 is 17.8. The van der Waals surface area contributed by atoms with E-state index in [0.717, 1.165) is 50.9 Å². The van der Waals surface area contributed by atoms with E-state index >= 15 is 0 Å². The molecule has 164 valence electrons. The van der Waals surface area contributed by atoms with Gasteiger partial charge in [0.05, 0.1) is 25.4 Å². The first-order chi connectivity index (χ1) is 13.5. The Balaban J connectivity index is 1.94. The van der Waals surface area contributed by atoms with Crippen molar-refractivity contribution in [3.63, 3.8) is 0 Å². The molecule has 1 heterocycles. The van der Waals surface area contributed by atoms with Crippen molar-refractivity contribution in [1.29, 1.82) is 0 Å². The number of rotatable bonds is 13. The molecular formula is C23H43O4P. The average molecular weight is 415 g/mol. The summed E-state index contributed by atoms with van der Waals surface area (Å²) in [5.41, 5.74) is 0. The van der Waals surface area contributed by atoms with Crippen LogP contribution in [0.1, 0.15) is 85.0 Å². The van der Waals surface area contributed by atoms with Crippen molar-refractivity contribution < 1.29 is 19.1 Å². The molecule has 0 aromatic heterocycles. The lowest BCUT2D eigenvalue weighted by molar-refractivity contribution is -0.171. The summed E-state index contributed by atoms with van der Waals surface area (Å²) in [6, 6.07) is 0. The van der Waals surface area contributed by atoms with Crippen LogP contribution in [-0.4, -0.2) is 36.3 Å². The first-order valence-corrected chi connectivity index (χ1v) is 12.0. The lowest BCUT2D eigenvalue weighted by Crippen LogP contribution is -2.33. The Bertz CT molecular complexity index is 450. The van der Waals surface area contributed by atoms with Crippen molar-refractivity contribution in [3.05, 3.63) is 12.2 Å². The highest BCUT2D eigenvalue weighted by Crippen LogP contribution is 2.43. The van der Waals surface area contributed by atoms with Crippen LogP contribution in [0, 0.1) is 17.8 Å². The van der Waals surface area contributed by atoms with Gasteiger partial charge in [0.15, 0.2) is 5.79 Å². The first kappa shape index (κ1) is 24.3. The molecule has 1 aliphatic carbocycles. The maximum atomic E-state index is 10.7. The van der Waals surface area contributed by atoms with Gasteiger partial charge in [-0.2, -0.15) is 0 Å². The fraction of sp³-hybridized carbons (Fsp3) is 0.913. The van der Waals surface area contributed by atoms with Gasteiger partial charge >= 0.3 is 0 Å². The van der Waals surface area contributed by atoms with Crippen molar-refractivity contribution in [3.8, 4) is 0 Å². The predicted octanol–water partition coefficient (Wildman–Crippen LogP) is 5.64. The lowest BCUT2D eigenvalue weighted by Gasteiger charge is -2.31. The number of unbranched alkanes of at least 4 members (excludes halogenated alkanes) is 2. The molecule has 0 spiro atoms. The fourth-order valence-corrected chi connectivity index (χ4v) is 5.04. The summed E-state index contributed by atoms with van der Waals surface area (Å²) in [5, 5.41) is 10.7. The summed E-state index contributed by atoms with van der Waals surface area (Å²) >= 11 is 0. The molecule has 2 aliphatic rings. The van der Waals surface area contributed by atoms with Crippen LogP contribution in [0.3, 0.4) is 0 Å². The van der Waals surface area contributed by atoms with E-state index in [-0.39, 0.29) is 18.1 Å². The normalized spacial score (nSPS) is 31.0. The molecule has 0 amide bonds. The molecule has 0 aromatic rings. The van der Waals surface area contributed by atoms with E-state index in [1.807, 2.05) is 0 Å². The van der Waals surface area contributed by atoms with E-state index in [1.54, 1.807) is 0 Å². The second-order valence-corrected chi connectivity index (χ2v) is 9.14. The van der Waals surface area contributed by atoms with Crippen molar-refractivity contribution in [1.82, 2.24) is 0 Å². The third kappa shape index (κ3) is 7.06. The van der Waals surface area contributed by atoms with Crippen LogP contribution >= 0.6 is 9.47 Å². The molecule has 5 heteroatoms. The van der Waals surface area contributed by atoms with Crippen LogP contribution in [0.5, 0.6) is 0 Å². The van der Waals surface area contributed by atoms with Crippen molar-refractivity contribution in [2.24, 2.45) is 17.8 Å². The minimum Gasteiger partial charge on any atom is -0.393 e. The van der Waals surface area contributed by atoms with Crippen molar-refractivity contribution in [2.45, 2.75) is 103 Å². The van der Waals surface area contributed by atoms with Gasteiger partial charge in [-0.25, -0.2) is 0 Å². The van der Waals surface area contributed by atoms with E-state index in [9.17, 15) is 5.11 Å². The third-order valence-corrected chi connectivity index (χ3v) is 7.16. The Hall–Kier alpha value is 0.0100. The quantitative estimate of drug-likeness (QED) is 0.240. The van der Waals surface area contributed by atoms with Gasteiger partial charge in [0.1, 0.15) is 0 Å². The molecule has 28 heavy (non-hydrogen) atoms. The van der Waals surface area contributed by atoms with E-state index in [2.05, 4.69) is 42.4 Å². The summed E-state index contributed by atoms with van der Waals surface area (Å²) in [6.07, 6.45) is 14.8. The molecule has 0 bridgehead atoms. The zero-order chi connectivity index (χ0) is 20.4. The molecule has 1 N–H and O–H groups in total. The van der Waals surface area contributed by atoms with Gasteiger partial charge in [-0.3, -0.25) is 0 Å². The second-order valence-electron chi connectivity index (χ2n) is 8.86. The molecule has 0 radical (unpaired) electrons. The van der Waals surface area contributed by atoms with E-state index < -0.39 is 5.79 Å². The molecule has 5 unspecified atom stereocenters. The van der Waals surface area contributed by atoms with E-state index in [0.29, 0.717) is 19.1 Å². The first-order valence-electron chi connectivity index (χ1n) is 11.5. The standard InChI is InChI=1S/C23H43O4P/c1-4-6-9-13-23(25-15-16-26-23)14-12-20-19(21(24)17-22(20)27-28)11-8-7-10-18(3)5-2/h7-8,18-22,24H,4-6,9-17,28H2,1-3H3/b8-7-/t18?,19?,20-,21?,22?/m1/s1. The number of aliphatic hydroxyl groups is 1. The molecule has 0 aromatic carbocycles. The predicted molar refractivity (Wildman–Crippen MR) is 118 cm³/mol. The van der Waals surface area contributed by atoms with Crippen LogP contribution in [0.2, 0.25) is 0 Å². The Morgan fingerprint density at radius 1 is 1.14 bits per heavy atom. The van der Waals surface area contributed by atoms with Crippen LogP contribution in [0.15, 0.2) is 12.2 Å². The average Bonchev–Trinajstić information content (AvgIpc) is 3.28. The molecule has 4 nitrogen and oxygen atoms in total. The highest BCUT2D eigenvalue weighted by molar-refractivity contribution is 7.09. The van der Waals surface area contributed by atoms with Gasteiger partial charge in [-0.1, -0.05) is 52.2 Å². The van der Waals surface area contributed by atoms with Crippen LogP contribution in [0.4, 0.5) is 0 Å². The van der Waals surface area contributed by atoms with E-state index in [1.165, 1.54) is 19.3 Å². The molecule has 1 saturated carbocycles. The van der Waals surface area contributed by atoms with Crippen molar-refractivity contribution in [2.75, 3.05) is 13.2 Å². The molecule has 1 aliphatic heterocycles. The second kappa shape index (κ2) is 12.6. The summed E-state index contributed by atoms with van der Waals surface area (Å²) in [5.74, 6) is 0.915. The summed E-state index contributed by atoms with van der Waals surface area (Å²) in [4.78, 5) is 0. The highest BCUT2D eigenvalue weighted by Gasteiger charge is 2.44. The van der Waals surface area contributed by atoms with Gasteiger partial charge in [0.2, 0.25) is 0 Å². The number of ether oxygens (including phenoxy) is 2. The summed E-state index contributed by atoms with van der Waals surface area (Å²) in [7, 11) is 2.42. The Morgan fingerprint density at radius 3 is 2.54 bits per heavy atom. The SMILES string of the molecule is CCCCCC1(CC[C@H]2C(OP)CC(O)C2C/C=C\CC(C)CC)OCCO1. The maximum Gasteiger partial charge on any atom is 0.168 e. The molecule has 1 saturated heterocycles. The van der Waals surface area contributed by atoms with Crippen LogP contribution in [-0.2, 0) is 14.0 Å². The van der Waals surface area contributed by atoms with Gasteiger partial charge in [0, 0.05) is 28.7 Å². The number of hydrogen-bond donors (Lipinski definition) is 1. The minimum absolute atomic E-state index is 0.0991. The maximum absolute atomic E-state index is 10.7. The lowest BCUT2D eigenvalue weighted by atomic mass is 9.85. The molecular weight excluding hydrogens is 371 g/mol. The van der Waals surface area contributed by atoms with Gasteiger partial charge in [0.25, 0.3) is 0 Å². The minimum atomic E-state index is -0.412. The van der Waals surface area contributed by atoms with E-state index in [4.69, 9.17) is 14.0 Å². The Labute approximate surface area is 175 Å². The topological polar surface area (TPSA) is 47.9 Å². The molecule has 6 atom stereocenters. The van der Waals surface area contributed by atoms with Crippen LogP contribution in [0.25, 0.3) is 0 Å². The number of allylic oxidation sites excluding steroid dienone is 2. The Kier molecular flexibility index (Phi) is 11.0. The zero-order valence-corrected chi connectivity index (χ0v) is 19.4. The highest BCUT2D eigenvalue weighted by atomic mass is 31.0. The molecule has 2 fully saturated rings. The smallest absolute Gasteiger partial charge is 0.168 e. The number of hydrogen-bond acceptors (Lipinski definition) is 4. The van der Waals surface area contributed by atoms with Gasteiger partial charge < -0.3 is 19.1 Å². The largest absolute Gasteiger partial charge is 0.393 e. The molecule has 2 rings (SSSR count).